The first kappa shape index (κ1) is 14.9. The average Bonchev–Trinajstić information content (AvgIpc) is 2.89. The van der Waals surface area contributed by atoms with Gasteiger partial charge in [0, 0.05) is 13.1 Å². The molecular weight excluding hydrogens is 308 g/mol. The lowest BCUT2D eigenvalue weighted by molar-refractivity contribution is 0.329. The molecule has 0 amide bonds. The Morgan fingerprint density at radius 1 is 1.35 bits per heavy atom. The first-order chi connectivity index (χ1) is 11.0. The van der Waals surface area contributed by atoms with Crippen LogP contribution in [0.25, 0.3) is 11.0 Å². The molecule has 0 fully saturated rings. The van der Waals surface area contributed by atoms with Crippen LogP contribution in [0, 0.1) is 11.6 Å². The molecule has 0 saturated heterocycles. The topological polar surface area (TPSA) is 84.8 Å². The smallest absolute Gasteiger partial charge is 0.263 e. The van der Waals surface area contributed by atoms with Gasteiger partial charge in [0.15, 0.2) is 17.3 Å². The van der Waals surface area contributed by atoms with E-state index >= 15 is 0 Å². The van der Waals surface area contributed by atoms with Gasteiger partial charge in [-0.1, -0.05) is 0 Å². The van der Waals surface area contributed by atoms with Crippen molar-refractivity contribution in [3.63, 3.8) is 0 Å². The quantitative estimate of drug-likeness (QED) is 0.694. The summed E-state index contributed by atoms with van der Waals surface area (Å²) < 4.78 is 32.6. The maximum Gasteiger partial charge on any atom is 0.263 e. The zero-order chi connectivity index (χ0) is 16.4. The third kappa shape index (κ3) is 3.12. The van der Waals surface area contributed by atoms with Crippen molar-refractivity contribution < 1.29 is 13.5 Å². The van der Waals surface area contributed by atoms with Crippen molar-refractivity contribution in [3.05, 3.63) is 46.4 Å². The van der Waals surface area contributed by atoms with E-state index < -0.39 is 11.6 Å². The second kappa shape index (κ2) is 6.03. The molecule has 0 radical (unpaired) electrons. The summed E-state index contributed by atoms with van der Waals surface area (Å²) in [6, 6.07) is 3.30. The summed E-state index contributed by atoms with van der Waals surface area (Å²) in [5.41, 5.74) is 0.157. The van der Waals surface area contributed by atoms with E-state index in [9.17, 15) is 13.6 Å². The van der Waals surface area contributed by atoms with E-state index in [2.05, 4.69) is 20.4 Å². The first-order valence-electron chi connectivity index (χ1n) is 6.78. The van der Waals surface area contributed by atoms with Gasteiger partial charge in [-0.25, -0.2) is 8.78 Å². The number of nitrogens with one attached hydrogen (secondary N) is 2. The van der Waals surface area contributed by atoms with Gasteiger partial charge >= 0.3 is 0 Å². The van der Waals surface area contributed by atoms with Gasteiger partial charge < -0.3 is 10.1 Å². The maximum atomic E-state index is 13.0. The Balaban J connectivity index is 1.61. The van der Waals surface area contributed by atoms with E-state index in [0.717, 1.165) is 12.1 Å². The number of ether oxygens (including phenoxy) is 1. The van der Waals surface area contributed by atoms with Crippen molar-refractivity contribution in [2.24, 2.45) is 7.05 Å². The van der Waals surface area contributed by atoms with Gasteiger partial charge in [-0.05, 0) is 12.1 Å². The van der Waals surface area contributed by atoms with E-state index in [4.69, 9.17) is 4.74 Å². The highest BCUT2D eigenvalue weighted by Crippen LogP contribution is 2.15. The first-order valence-corrected chi connectivity index (χ1v) is 6.78. The summed E-state index contributed by atoms with van der Waals surface area (Å²) in [5, 5.41) is 7.25. The van der Waals surface area contributed by atoms with Crippen LogP contribution in [0.3, 0.4) is 0 Å². The van der Waals surface area contributed by atoms with Crippen molar-refractivity contribution in [3.8, 4) is 5.75 Å². The molecule has 0 saturated carbocycles. The fourth-order valence-electron chi connectivity index (χ4n) is 2.02. The predicted octanol–water partition coefficient (Wildman–Crippen LogP) is 1.43. The number of aromatic amines is 1. The molecule has 0 aliphatic heterocycles. The summed E-state index contributed by atoms with van der Waals surface area (Å²) in [7, 11) is 1.69. The number of halogens is 2. The number of fused-ring (bicyclic) bond motifs is 1. The second-order valence-corrected chi connectivity index (χ2v) is 4.77. The lowest BCUT2D eigenvalue weighted by Crippen LogP contribution is -2.17. The van der Waals surface area contributed by atoms with Crippen LogP contribution < -0.4 is 15.6 Å². The van der Waals surface area contributed by atoms with E-state index in [1.165, 1.54) is 16.9 Å². The zero-order valence-corrected chi connectivity index (χ0v) is 12.1. The number of aromatic nitrogens is 4. The van der Waals surface area contributed by atoms with Crippen LogP contribution in [-0.2, 0) is 7.05 Å². The highest BCUT2D eigenvalue weighted by Gasteiger charge is 2.08. The Hall–Kier alpha value is -2.97. The molecule has 3 aromatic rings. The second-order valence-electron chi connectivity index (χ2n) is 4.77. The van der Waals surface area contributed by atoms with Gasteiger partial charge in [-0.3, -0.25) is 14.5 Å². The van der Waals surface area contributed by atoms with Crippen molar-refractivity contribution in [2.75, 3.05) is 18.5 Å². The molecular formula is C14H13F2N5O2. The molecule has 0 unspecified atom stereocenters. The molecule has 2 aromatic heterocycles. The van der Waals surface area contributed by atoms with Crippen molar-refractivity contribution in [2.45, 2.75) is 0 Å². The van der Waals surface area contributed by atoms with E-state index in [0.29, 0.717) is 17.6 Å². The molecule has 3 rings (SSSR count). The average molecular weight is 321 g/mol. The minimum atomic E-state index is -0.969. The standard InChI is InChI=1S/C14H13F2N5O2/c1-21-12-9(7-18-21)13(22)20-14(19-12)17-4-5-23-8-2-3-10(15)11(16)6-8/h2-3,6-7H,4-5H2,1H3,(H2,17,19,20,22). The Morgan fingerprint density at radius 2 is 2.17 bits per heavy atom. The van der Waals surface area contributed by atoms with Crippen LogP contribution in [-0.4, -0.2) is 32.9 Å². The summed E-state index contributed by atoms with van der Waals surface area (Å²) >= 11 is 0. The number of benzene rings is 1. The SMILES string of the molecule is Cn1ncc2c(=O)[nH]c(NCCOc3ccc(F)c(F)c3)nc21. The lowest BCUT2D eigenvalue weighted by atomic mass is 10.3. The molecule has 120 valence electrons. The summed E-state index contributed by atoms with van der Waals surface area (Å²) in [6.45, 7) is 0.490. The van der Waals surface area contributed by atoms with E-state index in [1.54, 1.807) is 7.05 Å². The van der Waals surface area contributed by atoms with Crippen LogP contribution in [0.4, 0.5) is 14.7 Å². The van der Waals surface area contributed by atoms with Gasteiger partial charge in [0.25, 0.3) is 5.56 Å². The Kier molecular flexibility index (Phi) is 3.92. The third-order valence-corrected chi connectivity index (χ3v) is 3.16. The van der Waals surface area contributed by atoms with Gasteiger partial charge in [-0.15, -0.1) is 0 Å². The van der Waals surface area contributed by atoms with Gasteiger partial charge in [0.2, 0.25) is 5.95 Å². The number of hydrogen-bond donors (Lipinski definition) is 2. The molecule has 0 spiro atoms. The molecule has 7 nitrogen and oxygen atoms in total. The number of H-pyrrole nitrogens is 1. The summed E-state index contributed by atoms with van der Waals surface area (Å²) in [6.07, 6.45) is 1.44. The van der Waals surface area contributed by atoms with E-state index in [-0.39, 0.29) is 23.9 Å². The molecule has 2 N–H and O–H groups in total. The fraction of sp³-hybridized carbons (Fsp3) is 0.214. The molecule has 9 heteroatoms. The summed E-state index contributed by atoms with van der Waals surface area (Å²) in [5.74, 6) is -1.40. The van der Waals surface area contributed by atoms with Gasteiger partial charge in [0.05, 0.1) is 12.7 Å². The molecule has 0 aliphatic rings. The van der Waals surface area contributed by atoms with Crippen molar-refractivity contribution in [1.29, 1.82) is 0 Å². The molecule has 0 aliphatic carbocycles. The predicted molar refractivity (Wildman–Crippen MR) is 79.5 cm³/mol. The Morgan fingerprint density at radius 3 is 2.96 bits per heavy atom. The maximum absolute atomic E-state index is 13.0. The van der Waals surface area contributed by atoms with Crippen LogP contribution in [0.15, 0.2) is 29.2 Å². The molecule has 0 atom stereocenters. The monoisotopic (exact) mass is 321 g/mol. The Labute approximate surface area is 128 Å². The van der Waals surface area contributed by atoms with Crippen LogP contribution in [0.1, 0.15) is 0 Å². The highest BCUT2D eigenvalue weighted by atomic mass is 19.2. The van der Waals surface area contributed by atoms with Gasteiger partial charge in [0.1, 0.15) is 17.7 Å². The van der Waals surface area contributed by atoms with Gasteiger partial charge in [-0.2, -0.15) is 10.1 Å². The zero-order valence-electron chi connectivity index (χ0n) is 12.1. The number of nitrogens with zero attached hydrogens (tertiary/aromatic N) is 3. The molecule has 0 bridgehead atoms. The summed E-state index contributed by atoms with van der Waals surface area (Å²) in [4.78, 5) is 18.7. The third-order valence-electron chi connectivity index (χ3n) is 3.16. The fourth-order valence-corrected chi connectivity index (χ4v) is 2.02. The number of anilines is 1. The minimum absolute atomic E-state index is 0.179. The number of rotatable bonds is 5. The number of aryl methyl sites for hydroxylation is 1. The van der Waals surface area contributed by atoms with Crippen LogP contribution >= 0.6 is 0 Å². The molecule has 23 heavy (non-hydrogen) atoms. The van der Waals surface area contributed by atoms with Crippen molar-refractivity contribution >= 4 is 17.0 Å². The van der Waals surface area contributed by atoms with Crippen molar-refractivity contribution in [1.82, 2.24) is 19.7 Å². The molecule has 2 heterocycles. The minimum Gasteiger partial charge on any atom is -0.492 e. The van der Waals surface area contributed by atoms with Crippen LogP contribution in [0.2, 0.25) is 0 Å². The normalized spacial score (nSPS) is 10.9. The lowest BCUT2D eigenvalue weighted by Gasteiger charge is -2.08. The highest BCUT2D eigenvalue weighted by molar-refractivity contribution is 5.74. The Bertz CT molecular complexity index is 906. The van der Waals surface area contributed by atoms with Crippen LogP contribution in [0.5, 0.6) is 5.75 Å². The number of hydrogen-bond acceptors (Lipinski definition) is 5. The largest absolute Gasteiger partial charge is 0.492 e. The van der Waals surface area contributed by atoms with E-state index in [1.807, 2.05) is 0 Å². The molecule has 1 aromatic carbocycles.